The van der Waals surface area contributed by atoms with E-state index in [1.807, 2.05) is 5.32 Å². The van der Waals surface area contributed by atoms with Gasteiger partial charge in [-0.1, -0.05) is 0 Å². The molecule has 0 bridgehead atoms. The van der Waals surface area contributed by atoms with Gasteiger partial charge in [0.05, 0.1) is 6.61 Å². The minimum absolute atomic E-state index is 0.00300. The fourth-order valence-corrected chi connectivity index (χ4v) is 1.30. The van der Waals surface area contributed by atoms with Gasteiger partial charge < -0.3 is 10.1 Å². The van der Waals surface area contributed by atoms with E-state index in [-0.39, 0.29) is 6.61 Å². The molecule has 10 heteroatoms. The largest absolute Gasteiger partial charge is 0.450 e. The maximum Gasteiger partial charge on any atom is 0.413 e. The first-order valence-corrected chi connectivity index (χ1v) is 5.46. The van der Waals surface area contributed by atoms with E-state index in [9.17, 15) is 26.7 Å². The van der Waals surface area contributed by atoms with Crippen molar-refractivity contribution in [3.8, 4) is 0 Å². The number of ether oxygens (including phenoxy) is 1. The third-order valence-electron chi connectivity index (χ3n) is 1.94. The van der Waals surface area contributed by atoms with Gasteiger partial charge in [0.1, 0.15) is 5.69 Å². The van der Waals surface area contributed by atoms with Gasteiger partial charge in [-0.05, 0) is 19.1 Å². The highest BCUT2D eigenvalue weighted by atomic mass is 32.1. The molecule has 0 fully saturated rings. The summed E-state index contributed by atoms with van der Waals surface area (Å²) >= 11 is 4.47. The Morgan fingerprint density at radius 1 is 1.05 bits per heavy atom. The smallest absolute Gasteiger partial charge is 0.413 e. The van der Waals surface area contributed by atoms with Gasteiger partial charge in [0.2, 0.25) is 5.82 Å². The molecule has 0 aromatic heterocycles. The minimum Gasteiger partial charge on any atom is -0.450 e. The summed E-state index contributed by atoms with van der Waals surface area (Å²) in [6.07, 6.45) is -1.05. The molecule has 0 aliphatic rings. The molecule has 0 spiro atoms. The number of rotatable bonds is 2. The van der Waals surface area contributed by atoms with Crippen molar-refractivity contribution in [2.75, 3.05) is 11.9 Å². The molecule has 4 nitrogen and oxygen atoms in total. The van der Waals surface area contributed by atoms with Gasteiger partial charge >= 0.3 is 6.09 Å². The molecule has 1 rings (SSSR count). The molecule has 110 valence electrons. The third-order valence-corrected chi connectivity index (χ3v) is 2.14. The van der Waals surface area contributed by atoms with E-state index in [0.717, 1.165) is 0 Å². The second-order valence-electron chi connectivity index (χ2n) is 3.24. The van der Waals surface area contributed by atoms with Gasteiger partial charge in [-0.25, -0.2) is 26.7 Å². The third kappa shape index (κ3) is 3.32. The molecule has 2 N–H and O–H groups in total. The van der Waals surface area contributed by atoms with E-state index in [4.69, 9.17) is 0 Å². The number of nitrogens with one attached hydrogen (secondary N) is 2. The summed E-state index contributed by atoms with van der Waals surface area (Å²) in [7, 11) is 0. The first-order valence-electron chi connectivity index (χ1n) is 5.05. The van der Waals surface area contributed by atoms with Gasteiger partial charge in [0.25, 0.3) is 0 Å². The Kier molecular flexibility index (Phi) is 5.19. The molecule has 0 heterocycles. The van der Waals surface area contributed by atoms with Crippen molar-refractivity contribution in [3.63, 3.8) is 0 Å². The molecule has 1 aromatic carbocycles. The second kappa shape index (κ2) is 6.46. The second-order valence-corrected chi connectivity index (χ2v) is 3.65. The van der Waals surface area contributed by atoms with Crippen LogP contribution in [0.2, 0.25) is 0 Å². The summed E-state index contributed by atoms with van der Waals surface area (Å²) in [5, 5.41) is 2.84. The number of hydrogen-bond acceptors (Lipinski definition) is 3. The Balaban J connectivity index is 2.99. The molecule has 0 aliphatic heterocycles. The fraction of sp³-hybridized carbons (Fsp3) is 0.200. The average Bonchev–Trinajstić information content (AvgIpc) is 2.39. The number of benzene rings is 1. The molecule has 0 aliphatic carbocycles. The van der Waals surface area contributed by atoms with E-state index in [2.05, 4.69) is 17.0 Å². The normalized spacial score (nSPS) is 10.1. The Labute approximate surface area is 114 Å². The predicted molar refractivity (Wildman–Crippen MR) is 62.6 cm³/mol. The molecule has 1 aromatic rings. The lowest BCUT2D eigenvalue weighted by molar-refractivity contribution is 0.158. The minimum atomic E-state index is -2.30. The van der Waals surface area contributed by atoms with Crippen LogP contribution >= 0.6 is 12.2 Å². The summed E-state index contributed by atoms with van der Waals surface area (Å²) in [4.78, 5) is 10.9. The Morgan fingerprint density at radius 2 is 1.50 bits per heavy atom. The highest BCUT2D eigenvalue weighted by Crippen LogP contribution is 2.26. The Bertz CT molecular complexity index is 538. The number of thiocarbonyl (C=S) groups is 1. The van der Waals surface area contributed by atoms with Crippen LogP contribution < -0.4 is 10.6 Å². The standard InChI is InChI=1S/C10H7F5N2O2S/c1-2-19-10(18)17-9(20)16-8-6(14)4(12)3(11)5(13)7(8)15/h2H2,1H3,(H2,16,17,18,20). The molecule has 1 amide bonds. The van der Waals surface area contributed by atoms with Crippen molar-refractivity contribution >= 4 is 29.1 Å². The first kappa shape index (κ1) is 16.1. The summed E-state index contributed by atoms with van der Waals surface area (Å²) in [6.45, 7) is 1.48. The lowest BCUT2D eigenvalue weighted by Gasteiger charge is -2.12. The van der Waals surface area contributed by atoms with Gasteiger partial charge in [0, 0.05) is 0 Å². The molecule has 0 atom stereocenters. The van der Waals surface area contributed by atoms with E-state index in [0.29, 0.717) is 0 Å². The van der Waals surface area contributed by atoms with Crippen LogP contribution in [0.1, 0.15) is 6.92 Å². The monoisotopic (exact) mass is 314 g/mol. The van der Waals surface area contributed by atoms with E-state index < -0.39 is 46.0 Å². The van der Waals surface area contributed by atoms with Gasteiger partial charge in [-0.15, -0.1) is 0 Å². The van der Waals surface area contributed by atoms with Crippen molar-refractivity contribution in [3.05, 3.63) is 29.1 Å². The van der Waals surface area contributed by atoms with E-state index >= 15 is 0 Å². The number of carbonyl (C=O) groups excluding carboxylic acids is 1. The molecule has 0 radical (unpaired) electrons. The Hall–Kier alpha value is -1.97. The maximum atomic E-state index is 13.3. The van der Waals surface area contributed by atoms with Crippen molar-refractivity contribution < 1.29 is 31.5 Å². The van der Waals surface area contributed by atoms with Crippen LogP contribution in [0.4, 0.5) is 32.4 Å². The zero-order valence-electron chi connectivity index (χ0n) is 9.82. The zero-order chi connectivity index (χ0) is 15.4. The quantitative estimate of drug-likeness (QED) is 0.381. The van der Waals surface area contributed by atoms with Crippen molar-refractivity contribution in [1.82, 2.24) is 5.32 Å². The predicted octanol–water partition coefficient (Wildman–Crippen LogP) is 2.83. The molecule has 0 unspecified atom stereocenters. The highest BCUT2D eigenvalue weighted by molar-refractivity contribution is 7.80. The van der Waals surface area contributed by atoms with Crippen molar-refractivity contribution in [1.29, 1.82) is 0 Å². The van der Waals surface area contributed by atoms with Crippen LogP contribution in [0.5, 0.6) is 0 Å². The molecule has 0 saturated carbocycles. The first-order chi connectivity index (χ1) is 9.29. The van der Waals surface area contributed by atoms with Crippen LogP contribution in [-0.4, -0.2) is 17.8 Å². The van der Waals surface area contributed by atoms with E-state index in [1.165, 1.54) is 6.92 Å². The average molecular weight is 314 g/mol. The Morgan fingerprint density at radius 3 is 1.95 bits per heavy atom. The lowest BCUT2D eigenvalue weighted by atomic mass is 10.2. The summed E-state index contributed by atoms with van der Waals surface area (Å²) in [5.41, 5.74) is -1.37. The number of amides is 1. The number of anilines is 1. The number of alkyl carbamates (subject to hydrolysis) is 1. The number of carbonyl (C=O) groups is 1. The van der Waals surface area contributed by atoms with Crippen molar-refractivity contribution in [2.24, 2.45) is 0 Å². The van der Waals surface area contributed by atoms with Gasteiger partial charge in [0.15, 0.2) is 28.4 Å². The topological polar surface area (TPSA) is 50.4 Å². The SMILES string of the molecule is CCOC(=O)NC(=S)Nc1c(F)c(F)c(F)c(F)c1F. The van der Waals surface area contributed by atoms with Gasteiger partial charge in [-0.3, -0.25) is 5.32 Å². The van der Waals surface area contributed by atoms with E-state index in [1.54, 1.807) is 5.32 Å². The zero-order valence-corrected chi connectivity index (χ0v) is 10.6. The van der Waals surface area contributed by atoms with Crippen LogP contribution in [0.25, 0.3) is 0 Å². The van der Waals surface area contributed by atoms with Gasteiger partial charge in [-0.2, -0.15) is 0 Å². The lowest BCUT2D eigenvalue weighted by Crippen LogP contribution is -2.35. The van der Waals surface area contributed by atoms with Crippen LogP contribution in [0, 0.1) is 29.1 Å². The van der Waals surface area contributed by atoms with Crippen LogP contribution in [0.15, 0.2) is 0 Å². The molecular weight excluding hydrogens is 307 g/mol. The van der Waals surface area contributed by atoms with Crippen molar-refractivity contribution in [2.45, 2.75) is 6.92 Å². The van der Waals surface area contributed by atoms with Crippen LogP contribution in [0.3, 0.4) is 0 Å². The highest BCUT2D eigenvalue weighted by Gasteiger charge is 2.26. The number of hydrogen-bond donors (Lipinski definition) is 2. The van der Waals surface area contributed by atoms with Crippen LogP contribution in [-0.2, 0) is 4.74 Å². The summed E-state index contributed by atoms with van der Waals surface area (Å²) < 4.78 is 69.5. The number of halogens is 5. The summed E-state index contributed by atoms with van der Waals surface area (Å²) in [6, 6.07) is 0. The molecular formula is C10H7F5N2O2S. The molecule has 0 saturated heterocycles. The summed E-state index contributed by atoms with van der Waals surface area (Å²) in [5.74, 6) is -10.8. The maximum absolute atomic E-state index is 13.3. The fourth-order valence-electron chi connectivity index (χ4n) is 1.12. The molecule has 20 heavy (non-hydrogen) atoms.